The lowest BCUT2D eigenvalue weighted by molar-refractivity contribution is 0.0544. The van der Waals surface area contributed by atoms with Gasteiger partial charge >= 0.3 is 0 Å². The molecule has 1 rings (SSSR count). The zero-order chi connectivity index (χ0) is 12.5. The molecule has 1 N–H and O–H groups in total. The molecule has 0 saturated carbocycles. The summed E-state index contributed by atoms with van der Waals surface area (Å²) < 4.78 is 15.6. The van der Waals surface area contributed by atoms with Crippen molar-refractivity contribution in [2.24, 2.45) is 0 Å². The summed E-state index contributed by atoms with van der Waals surface area (Å²) >= 11 is 0. The van der Waals surface area contributed by atoms with Crippen LogP contribution in [0.4, 0.5) is 0 Å². The highest BCUT2D eigenvalue weighted by molar-refractivity contribution is 5.29. The molecule has 0 amide bonds. The van der Waals surface area contributed by atoms with Crippen molar-refractivity contribution in [2.75, 3.05) is 33.5 Å². The number of methoxy groups -OCH3 is 1. The van der Waals surface area contributed by atoms with Crippen molar-refractivity contribution in [3.8, 4) is 5.75 Å². The van der Waals surface area contributed by atoms with Crippen molar-refractivity contribution in [2.45, 2.75) is 13.0 Å². The predicted molar refractivity (Wildman–Crippen MR) is 65.3 cm³/mol. The molecule has 0 aliphatic carbocycles. The first-order valence-electron chi connectivity index (χ1n) is 5.71. The van der Waals surface area contributed by atoms with Crippen LogP contribution in [0.2, 0.25) is 0 Å². The van der Waals surface area contributed by atoms with E-state index in [9.17, 15) is 5.11 Å². The fraction of sp³-hybridized carbons (Fsp3) is 0.538. The van der Waals surface area contributed by atoms with Crippen molar-refractivity contribution in [1.82, 2.24) is 0 Å². The lowest BCUT2D eigenvalue weighted by atomic mass is 10.1. The molecule has 0 heterocycles. The van der Waals surface area contributed by atoms with Crippen molar-refractivity contribution < 1.29 is 19.3 Å². The highest BCUT2D eigenvalue weighted by atomic mass is 16.5. The monoisotopic (exact) mass is 240 g/mol. The van der Waals surface area contributed by atoms with Crippen LogP contribution in [0.3, 0.4) is 0 Å². The van der Waals surface area contributed by atoms with Crippen LogP contribution in [-0.2, 0) is 9.47 Å². The van der Waals surface area contributed by atoms with Crippen LogP contribution in [0.5, 0.6) is 5.75 Å². The Balaban J connectivity index is 2.24. The first kappa shape index (κ1) is 14.0. The molecule has 17 heavy (non-hydrogen) atoms. The van der Waals surface area contributed by atoms with Crippen molar-refractivity contribution in [1.29, 1.82) is 0 Å². The van der Waals surface area contributed by atoms with Gasteiger partial charge in [-0.05, 0) is 24.6 Å². The van der Waals surface area contributed by atoms with E-state index in [0.29, 0.717) is 26.4 Å². The Morgan fingerprint density at radius 1 is 1.18 bits per heavy atom. The van der Waals surface area contributed by atoms with Gasteiger partial charge in [-0.15, -0.1) is 0 Å². The minimum absolute atomic E-state index is 0.475. The Morgan fingerprint density at radius 2 is 1.94 bits per heavy atom. The molecule has 0 radical (unpaired) electrons. The van der Waals surface area contributed by atoms with Crippen LogP contribution in [0.15, 0.2) is 24.3 Å². The number of aliphatic hydroxyl groups excluding tert-OH is 1. The molecule has 1 atom stereocenters. The Morgan fingerprint density at radius 3 is 2.65 bits per heavy atom. The second-order valence-electron chi connectivity index (χ2n) is 3.70. The fourth-order valence-corrected chi connectivity index (χ4v) is 1.33. The van der Waals surface area contributed by atoms with E-state index in [0.717, 1.165) is 11.3 Å². The molecule has 1 aromatic rings. The van der Waals surface area contributed by atoms with E-state index in [2.05, 4.69) is 0 Å². The van der Waals surface area contributed by atoms with Gasteiger partial charge in [-0.1, -0.05) is 12.1 Å². The number of rotatable bonds is 8. The predicted octanol–water partition coefficient (Wildman–Crippen LogP) is 1.78. The Hall–Kier alpha value is -1.10. The van der Waals surface area contributed by atoms with Gasteiger partial charge in [0.05, 0.1) is 25.9 Å². The quantitative estimate of drug-likeness (QED) is 0.704. The molecule has 0 spiro atoms. The van der Waals surface area contributed by atoms with Gasteiger partial charge in [0.1, 0.15) is 12.4 Å². The average Bonchev–Trinajstić information content (AvgIpc) is 2.34. The van der Waals surface area contributed by atoms with Gasteiger partial charge in [0.15, 0.2) is 0 Å². The van der Waals surface area contributed by atoms with Crippen molar-refractivity contribution in [3.05, 3.63) is 29.8 Å². The summed E-state index contributed by atoms with van der Waals surface area (Å²) in [5.41, 5.74) is 0.850. The molecule has 0 aromatic heterocycles. The maximum Gasteiger partial charge on any atom is 0.119 e. The van der Waals surface area contributed by atoms with Crippen LogP contribution in [0.1, 0.15) is 18.6 Å². The fourth-order valence-electron chi connectivity index (χ4n) is 1.33. The summed E-state index contributed by atoms with van der Waals surface area (Å²) in [6.45, 7) is 3.92. The Kier molecular flexibility index (Phi) is 6.62. The summed E-state index contributed by atoms with van der Waals surface area (Å²) in [6, 6.07) is 7.43. The molecule has 4 nitrogen and oxygen atoms in total. The van der Waals surface area contributed by atoms with Crippen molar-refractivity contribution in [3.63, 3.8) is 0 Å². The van der Waals surface area contributed by atoms with E-state index < -0.39 is 6.10 Å². The van der Waals surface area contributed by atoms with E-state index in [1.807, 2.05) is 24.3 Å². The minimum atomic E-state index is -0.475. The van der Waals surface area contributed by atoms with Gasteiger partial charge in [0, 0.05) is 7.11 Å². The van der Waals surface area contributed by atoms with Crippen LogP contribution in [-0.4, -0.2) is 38.6 Å². The second kappa shape index (κ2) is 8.06. The third-order valence-corrected chi connectivity index (χ3v) is 2.27. The molecule has 0 aliphatic heterocycles. The molecule has 0 aliphatic rings. The third kappa shape index (κ3) is 5.68. The van der Waals surface area contributed by atoms with Crippen LogP contribution >= 0.6 is 0 Å². The lowest BCUT2D eigenvalue weighted by Crippen LogP contribution is -2.10. The summed E-state index contributed by atoms with van der Waals surface area (Å²) in [6.07, 6.45) is -0.475. The highest BCUT2D eigenvalue weighted by Gasteiger charge is 2.01. The average molecular weight is 240 g/mol. The van der Waals surface area contributed by atoms with E-state index in [1.165, 1.54) is 0 Å². The van der Waals surface area contributed by atoms with Crippen molar-refractivity contribution >= 4 is 0 Å². The Labute approximate surface area is 102 Å². The first-order valence-corrected chi connectivity index (χ1v) is 5.71. The van der Waals surface area contributed by atoms with E-state index >= 15 is 0 Å². The number of aliphatic hydroxyl groups is 1. The third-order valence-electron chi connectivity index (χ3n) is 2.27. The van der Waals surface area contributed by atoms with E-state index in [-0.39, 0.29) is 0 Å². The molecule has 4 heteroatoms. The van der Waals surface area contributed by atoms with E-state index in [1.54, 1.807) is 14.0 Å². The SMILES string of the molecule is COCCOCCOc1cccc(C(C)O)c1. The van der Waals surface area contributed by atoms with Crippen LogP contribution in [0.25, 0.3) is 0 Å². The van der Waals surface area contributed by atoms with Gasteiger partial charge in [-0.3, -0.25) is 0 Å². The summed E-state index contributed by atoms with van der Waals surface area (Å²) in [5, 5.41) is 9.42. The number of hydrogen-bond acceptors (Lipinski definition) is 4. The molecule has 1 unspecified atom stereocenters. The molecule has 0 fully saturated rings. The first-order chi connectivity index (χ1) is 8.24. The molecule has 0 bridgehead atoms. The topological polar surface area (TPSA) is 47.9 Å². The molecular formula is C13H20O4. The van der Waals surface area contributed by atoms with Gasteiger partial charge in [0.2, 0.25) is 0 Å². The van der Waals surface area contributed by atoms with Crippen LogP contribution in [0, 0.1) is 0 Å². The molecule has 0 saturated heterocycles. The molecule has 96 valence electrons. The second-order valence-corrected chi connectivity index (χ2v) is 3.70. The smallest absolute Gasteiger partial charge is 0.119 e. The summed E-state index contributed by atoms with van der Waals surface area (Å²) in [5.74, 6) is 0.749. The van der Waals surface area contributed by atoms with Crippen LogP contribution < -0.4 is 4.74 Å². The van der Waals surface area contributed by atoms with Gasteiger partial charge < -0.3 is 19.3 Å². The summed E-state index contributed by atoms with van der Waals surface area (Å²) in [7, 11) is 1.64. The minimum Gasteiger partial charge on any atom is -0.491 e. The Bertz CT molecular complexity index is 312. The summed E-state index contributed by atoms with van der Waals surface area (Å²) in [4.78, 5) is 0. The molecule has 1 aromatic carbocycles. The normalized spacial score (nSPS) is 12.4. The highest BCUT2D eigenvalue weighted by Crippen LogP contribution is 2.18. The number of benzene rings is 1. The molecular weight excluding hydrogens is 220 g/mol. The zero-order valence-corrected chi connectivity index (χ0v) is 10.4. The number of ether oxygens (including phenoxy) is 3. The lowest BCUT2D eigenvalue weighted by Gasteiger charge is -2.09. The van der Waals surface area contributed by atoms with Gasteiger partial charge in [-0.25, -0.2) is 0 Å². The standard InChI is InChI=1S/C13H20O4/c1-11(14)12-4-3-5-13(10-12)17-9-8-16-7-6-15-2/h3-5,10-11,14H,6-9H2,1-2H3. The maximum absolute atomic E-state index is 9.42. The largest absolute Gasteiger partial charge is 0.491 e. The van der Waals surface area contributed by atoms with E-state index in [4.69, 9.17) is 14.2 Å². The zero-order valence-electron chi connectivity index (χ0n) is 10.4. The number of hydrogen-bond donors (Lipinski definition) is 1. The maximum atomic E-state index is 9.42. The van der Waals surface area contributed by atoms with Gasteiger partial charge in [-0.2, -0.15) is 0 Å². The van der Waals surface area contributed by atoms with Gasteiger partial charge in [0.25, 0.3) is 0 Å².